The van der Waals surface area contributed by atoms with Crippen LogP contribution in [0.15, 0.2) is 103 Å². The first kappa shape index (κ1) is 105. The molecule has 11 bridgehead atoms. The number of ketones is 4. The fraction of sp³-hybridized carbons (Fsp3) is 0.500. The van der Waals surface area contributed by atoms with Crippen molar-refractivity contribution >= 4 is 106 Å². The van der Waals surface area contributed by atoms with E-state index in [0.29, 0.717) is 25.7 Å². The molecule has 41 nitrogen and oxygen atoms in total. The number of rotatable bonds is 24. The fourth-order valence-electron chi connectivity index (χ4n) is 18.4. The van der Waals surface area contributed by atoms with Crippen molar-refractivity contribution in [1.29, 1.82) is 0 Å². The minimum Gasteiger partial charge on any atom is -0.508 e. The molecule has 7 heterocycles. The van der Waals surface area contributed by atoms with Gasteiger partial charge in [-0.15, -0.1) is 0 Å². The van der Waals surface area contributed by atoms with E-state index in [-0.39, 0.29) is 61.0 Å². The first-order valence-corrected chi connectivity index (χ1v) is 46.0. The Kier molecular flexibility index (Phi) is 33.7. The lowest BCUT2D eigenvalue weighted by Gasteiger charge is -2.48. The lowest BCUT2D eigenvalue weighted by molar-refractivity contribution is -0.334. The summed E-state index contributed by atoms with van der Waals surface area (Å²) in [4.78, 5) is 201. The second-order valence-corrected chi connectivity index (χ2v) is 38.1. The number of aromatic hydroxyl groups is 3. The number of fused-ring (bicyclic) bond motifs is 15. The summed E-state index contributed by atoms with van der Waals surface area (Å²) >= 11 is 14.5. The molecule has 9 aliphatic rings. The van der Waals surface area contributed by atoms with E-state index < -0.39 is 345 Å². The number of aliphatic carboxylic acids is 3. The number of nitrogens with one attached hydrogen (secondary N) is 5. The minimum atomic E-state index is -2.27. The van der Waals surface area contributed by atoms with Gasteiger partial charge in [-0.05, 0) is 167 Å². The number of nitrogens with zero attached hydrogens (tertiary/aromatic N) is 1. The molecule has 0 saturated carbocycles. The number of aliphatic hydroxyl groups excluding tert-OH is 6. The number of halogens is 2. The van der Waals surface area contributed by atoms with Gasteiger partial charge >= 0.3 is 30.1 Å². The molecule has 2 saturated heterocycles. The zero-order valence-corrected chi connectivity index (χ0v) is 78.2. The van der Waals surface area contributed by atoms with E-state index >= 15 is 28.8 Å². The highest BCUT2D eigenvalue weighted by Gasteiger charge is 2.54. The van der Waals surface area contributed by atoms with Crippen molar-refractivity contribution in [3.05, 3.63) is 141 Å². The van der Waals surface area contributed by atoms with Crippen molar-refractivity contribution in [3.63, 3.8) is 0 Å². The molecule has 22 atom stereocenters. The maximum atomic E-state index is 16.6. The Morgan fingerprint density at radius 3 is 1.88 bits per heavy atom. The monoisotopic (exact) mass is 1980 g/mol. The first-order valence-electron chi connectivity index (χ1n) is 45.2. The number of phenolic OH excluding ortho intramolecular Hbond substituents is 3. The highest BCUT2D eigenvalue weighted by Crippen LogP contribution is 2.52. The lowest BCUT2D eigenvalue weighted by atomic mass is 9.74. The molecule has 750 valence electrons. The van der Waals surface area contributed by atoms with Crippen molar-refractivity contribution in [2.24, 2.45) is 34.3 Å². The van der Waals surface area contributed by atoms with Crippen LogP contribution in [0.2, 0.25) is 10.0 Å². The van der Waals surface area contributed by atoms with Crippen LogP contribution in [0.25, 0.3) is 11.1 Å². The summed E-state index contributed by atoms with van der Waals surface area (Å²) < 4.78 is 51.3. The number of benzene rings is 5. The van der Waals surface area contributed by atoms with Crippen LogP contribution < -0.4 is 46.5 Å². The number of carboxylic acids is 3. The van der Waals surface area contributed by atoms with E-state index in [1.54, 1.807) is 52.0 Å². The van der Waals surface area contributed by atoms with Gasteiger partial charge in [0.2, 0.25) is 41.6 Å². The summed E-state index contributed by atoms with van der Waals surface area (Å²) in [5.41, 5.74) is -0.906. The van der Waals surface area contributed by atoms with Crippen LogP contribution in [-0.4, -0.2) is 248 Å². The molecule has 0 aromatic heterocycles. The van der Waals surface area contributed by atoms with Crippen LogP contribution in [0.3, 0.4) is 0 Å². The van der Waals surface area contributed by atoms with Crippen LogP contribution in [0.1, 0.15) is 202 Å². The number of aliphatic hydroxyl groups is 6. The number of ether oxygens (including phenoxy) is 8. The van der Waals surface area contributed by atoms with Crippen LogP contribution in [0.5, 0.6) is 46.0 Å². The van der Waals surface area contributed by atoms with Crippen LogP contribution in [0, 0.1) is 28.6 Å². The molecule has 7 aliphatic heterocycles. The molecule has 1 unspecified atom stereocenters. The Labute approximate surface area is 805 Å². The van der Waals surface area contributed by atoms with Crippen LogP contribution in [-0.2, 0) is 81.2 Å². The summed E-state index contributed by atoms with van der Waals surface area (Å²) in [5.74, 6) is -26.1. The van der Waals surface area contributed by atoms with Gasteiger partial charge in [-0.3, -0.25) is 52.7 Å². The second kappa shape index (κ2) is 44.4. The van der Waals surface area contributed by atoms with Gasteiger partial charge in [-0.25, -0.2) is 14.4 Å². The molecule has 19 N–H and O–H groups in total. The van der Waals surface area contributed by atoms with E-state index in [0.717, 1.165) is 77.7 Å². The average Bonchev–Trinajstić information content (AvgIpc) is 0.758. The van der Waals surface area contributed by atoms with E-state index in [9.17, 15) is 99.6 Å². The normalized spacial score (nSPS) is 29.6. The Hall–Kier alpha value is -12.4. The maximum Gasteiger partial charge on any atom is 0.410 e. The molecule has 14 rings (SSSR count). The lowest BCUT2D eigenvalue weighted by Crippen LogP contribution is -2.66. The minimum absolute atomic E-state index is 0.0735. The van der Waals surface area contributed by atoms with Crippen molar-refractivity contribution in [2.45, 2.75) is 254 Å². The number of likely N-dealkylation sites (N-methyl/N-ethyl adjacent to an activating group) is 1. The number of nitrogens with two attached hydrogens (primary N) is 1. The van der Waals surface area contributed by atoms with Crippen LogP contribution >= 0.6 is 23.2 Å². The number of carbonyl (C=O) groups excluding carboxylic acids is 11. The summed E-state index contributed by atoms with van der Waals surface area (Å²) in [5, 5.41) is 148. The SMILES string of the molecule is CC(C)CC(C(=O)C[C@H]1C(=O)N[C@@H](CC(N)=O)C(=O)C[C@H]2C(=O)N[C@H]3C(=O)C[C@H](C(=O)N[C@H](C(=O)O)c4cc(O)cc(O)c4-c4cc3ccc4O)[C@H](O)c3ccc(c(Cl)c3)Oc3cc2cc(c3O[C@@H]2O[C@H](CO)[C@@H](O)[C@H](O)[C@H]2O[C@H]2C[C@](C)(NC(=O)O[C@@H]3/C=C/CC[C@](C)(C(=O)NCC(=O)O)CC3)[C@H](O)[C@H](C)O2)Oc2ccc(cc2Cl)[C@H]1O)N(C)C(=O)O[C@@H]1/C=C/CC[C@](C)(C(=O)CCC(=O)O)CC1. The predicted molar refractivity (Wildman–Crippen MR) is 485 cm³/mol. The van der Waals surface area contributed by atoms with Gasteiger partial charge in [-0.1, -0.05) is 81.2 Å². The zero-order chi connectivity index (χ0) is 101. The summed E-state index contributed by atoms with van der Waals surface area (Å²) in [6.07, 6.45) is -20.8. The van der Waals surface area contributed by atoms with Crippen LogP contribution in [0.4, 0.5) is 9.59 Å². The highest BCUT2D eigenvalue weighted by molar-refractivity contribution is 6.32. The van der Waals surface area contributed by atoms with Gasteiger partial charge in [0.15, 0.2) is 47.3 Å². The van der Waals surface area contributed by atoms with E-state index in [1.807, 2.05) is 0 Å². The van der Waals surface area contributed by atoms with Gasteiger partial charge in [-0.2, -0.15) is 0 Å². The number of alkyl carbamates (subject to hydrolysis) is 1. The Balaban J connectivity index is 0.993. The fourth-order valence-corrected chi connectivity index (χ4v) is 18.9. The molecule has 7 amide bonds. The van der Waals surface area contributed by atoms with Gasteiger partial charge in [0.05, 0.1) is 83.2 Å². The first-order chi connectivity index (χ1) is 65.6. The summed E-state index contributed by atoms with van der Waals surface area (Å²) in [6.45, 7) is 7.85. The van der Waals surface area contributed by atoms with Gasteiger partial charge in [0.1, 0.15) is 83.7 Å². The topological polar surface area (TPSA) is 645 Å². The molecule has 2 aliphatic carbocycles. The Morgan fingerprint density at radius 1 is 0.655 bits per heavy atom. The van der Waals surface area contributed by atoms with Gasteiger partial charge < -0.3 is 136 Å². The second-order valence-electron chi connectivity index (χ2n) is 37.3. The smallest absolute Gasteiger partial charge is 0.410 e. The van der Waals surface area contributed by atoms with Crippen molar-refractivity contribution < 1.29 is 166 Å². The van der Waals surface area contributed by atoms with E-state index in [1.165, 1.54) is 27.0 Å². The summed E-state index contributed by atoms with van der Waals surface area (Å²) in [6, 6.07) is 5.40. The quantitative estimate of drug-likeness (QED) is 0.0267. The number of allylic oxidation sites excluding steroid dienone is 2. The molecular weight excluding hydrogens is 1870 g/mol. The standard InChI is InChI=1S/C96H113Cl2N7O34/c1-43(2)28-60(105(7)93(131)134-51-13-8-10-24-94(4,26-22-51)71(113)20-21-73(115)116)63(110)37-55-79(119)46-15-18-66(57(97)30-46)135-68-32-48-33-69(83(68)139-90-84(82(122)81(121)70(42-106)137-90)138-75-40-96(6,85(123)44(3)132-75)104-92(130)133-50-12-9-11-25-95(5,27-23-50)91(129)100-41-74(117)118)136-67-19-16-47(31-58(67)98)80(120)56-38-65(112)77(102-86(124)52(48)36-62(109)59(39-72(99)114)101-87(55)125)45-14-17-61(108)53(29-45)76-54(34-49(107)35-64(76)111)78(89(127)128)103-88(56)126/h8-9,12-19,29-35,43-44,50-52,55-56,59-60,70,75,77-82,84-85,90,106-108,111,119-123H,10-11,20-28,36-42H2,1-7H3,(H2,99,114)(H,100,129)(H,101,125)(H,102,124)(H,103,126)(H,104,130)(H,115,116)(H,117,118)(H,127,128)/b12-9+,13-8+/t44-,50+,51+,52+,55+,56-,59-,60?,70+,75-,77+,78-,79+,80+,81+,82-,84+,85+,90-,94-,95-,96-/m0/s1. The number of amides is 7. The average molecular weight is 1980 g/mol. The number of phenols is 3. The number of hydrogen-bond donors (Lipinski definition) is 18. The maximum absolute atomic E-state index is 16.6. The highest BCUT2D eigenvalue weighted by atomic mass is 35.5. The molecule has 139 heavy (non-hydrogen) atoms. The molecule has 2 fully saturated rings. The molecule has 0 radical (unpaired) electrons. The molecule has 43 heteroatoms. The van der Waals surface area contributed by atoms with Gasteiger partial charge in [0, 0.05) is 72.7 Å². The zero-order valence-electron chi connectivity index (χ0n) is 76.7. The molecular formula is C96H113Cl2N7O34. The largest absolute Gasteiger partial charge is 0.508 e. The van der Waals surface area contributed by atoms with E-state index in [4.69, 9.17) is 66.8 Å². The number of hydrogen-bond acceptors (Lipinski definition) is 31. The van der Waals surface area contributed by atoms with E-state index in [2.05, 4.69) is 26.6 Å². The predicted octanol–water partition coefficient (Wildman–Crippen LogP) is 7.43. The van der Waals surface area contributed by atoms with Crippen molar-refractivity contribution in [2.75, 3.05) is 20.2 Å². The number of carbonyl (C=O) groups is 14. The Morgan fingerprint density at radius 2 is 1.27 bits per heavy atom. The number of Topliss-reactive ketones (excluding diaryl/α,β-unsaturated/α-hetero) is 4. The molecule has 5 aromatic carbocycles. The van der Waals surface area contributed by atoms with Crippen molar-refractivity contribution in [3.8, 4) is 57.1 Å². The third-order valence-electron chi connectivity index (χ3n) is 26.5. The number of primary amides is 1. The number of carboxylic acid groups (broad SMARTS) is 3. The Bertz CT molecular complexity index is 5640. The molecule has 5 aromatic rings. The van der Waals surface area contributed by atoms with Crippen molar-refractivity contribution in [1.82, 2.24) is 31.5 Å². The molecule has 0 spiro atoms. The van der Waals surface area contributed by atoms with Gasteiger partial charge in [0.25, 0.3) is 0 Å². The third kappa shape index (κ3) is 24.7. The third-order valence-corrected chi connectivity index (χ3v) is 27.1. The summed E-state index contributed by atoms with van der Waals surface area (Å²) in [7, 11) is 1.25.